The largest absolute Gasteiger partial charge is 0.381 e. The number of amides is 2. The predicted molar refractivity (Wildman–Crippen MR) is 94.7 cm³/mol. The first kappa shape index (κ1) is 15.4. The van der Waals surface area contributed by atoms with Gasteiger partial charge in [-0.05, 0) is 31.4 Å². The van der Waals surface area contributed by atoms with Gasteiger partial charge >= 0.3 is 0 Å². The Bertz CT molecular complexity index is 860. The molecular weight excluding hydrogens is 344 g/mol. The van der Waals surface area contributed by atoms with Crippen molar-refractivity contribution < 1.29 is 14.4 Å². The Kier molecular flexibility index (Phi) is 3.69. The van der Waals surface area contributed by atoms with E-state index in [2.05, 4.69) is 5.16 Å². The minimum atomic E-state index is -0.859. The Labute approximate surface area is 147 Å². The quantitative estimate of drug-likeness (QED) is 0.625. The normalized spacial score (nSPS) is 22.6. The molecule has 2 aliphatic rings. The van der Waals surface area contributed by atoms with Gasteiger partial charge in [0.05, 0.1) is 9.90 Å². The number of para-hydroxylation sites is 1. The molecule has 2 unspecified atom stereocenters. The van der Waals surface area contributed by atoms with E-state index in [4.69, 9.17) is 4.84 Å². The SMILES string of the molecule is CSc1sc(C)cc1C1=NOC2C(=O)N(c3ccccc3)C(=O)C12. The van der Waals surface area contributed by atoms with E-state index in [1.165, 1.54) is 4.90 Å². The van der Waals surface area contributed by atoms with E-state index in [-0.39, 0.29) is 11.8 Å². The average Bonchev–Trinajstić information content (AvgIpc) is 3.24. The monoisotopic (exact) mass is 358 g/mol. The Hall–Kier alpha value is -2.12. The van der Waals surface area contributed by atoms with Gasteiger partial charge in [0.1, 0.15) is 11.6 Å². The second kappa shape index (κ2) is 5.75. The van der Waals surface area contributed by atoms with Crippen LogP contribution in [0.5, 0.6) is 0 Å². The van der Waals surface area contributed by atoms with Crippen molar-refractivity contribution in [2.24, 2.45) is 11.1 Å². The fraction of sp³-hybridized carbons (Fsp3) is 0.235. The van der Waals surface area contributed by atoms with Gasteiger partial charge in [-0.2, -0.15) is 0 Å². The average molecular weight is 358 g/mol. The minimum absolute atomic E-state index is 0.275. The van der Waals surface area contributed by atoms with Crippen LogP contribution in [0.4, 0.5) is 5.69 Å². The van der Waals surface area contributed by atoms with Gasteiger partial charge < -0.3 is 4.84 Å². The van der Waals surface area contributed by atoms with Crippen LogP contribution in [-0.2, 0) is 14.4 Å². The van der Waals surface area contributed by atoms with Gasteiger partial charge in [0.25, 0.3) is 5.91 Å². The summed E-state index contributed by atoms with van der Waals surface area (Å²) >= 11 is 3.26. The summed E-state index contributed by atoms with van der Waals surface area (Å²) in [4.78, 5) is 33.3. The van der Waals surface area contributed by atoms with Crippen molar-refractivity contribution in [1.82, 2.24) is 0 Å². The number of thioether (sulfide) groups is 1. The fourth-order valence-corrected chi connectivity index (χ4v) is 4.91. The fourth-order valence-electron chi connectivity index (χ4n) is 3.05. The Balaban J connectivity index is 1.73. The van der Waals surface area contributed by atoms with Gasteiger partial charge in [0.2, 0.25) is 12.0 Å². The van der Waals surface area contributed by atoms with Crippen LogP contribution in [0.1, 0.15) is 10.4 Å². The van der Waals surface area contributed by atoms with E-state index in [0.29, 0.717) is 11.4 Å². The van der Waals surface area contributed by atoms with E-state index in [0.717, 1.165) is 14.6 Å². The number of carbonyl (C=O) groups excluding carboxylic acids is 2. The molecule has 1 fully saturated rings. The molecule has 2 aliphatic heterocycles. The van der Waals surface area contributed by atoms with Gasteiger partial charge in [-0.1, -0.05) is 23.4 Å². The lowest BCUT2D eigenvalue weighted by Gasteiger charge is -2.15. The number of thiophene rings is 1. The minimum Gasteiger partial charge on any atom is -0.381 e. The molecule has 24 heavy (non-hydrogen) atoms. The molecule has 2 aromatic rings. The lowest BCUT2D eigenvalue weighted by molar-refractivity contribution is -0.126. The first-order valence-corrected chi connectivity index (χ1v) is 9.47. The zero-order valence-electron chi connectivity index (χ0n) is 13.1. The number of hydrogen-bond acceptors (Lipinski definition) is 6. The highest BCUT2D eigenvalue weighted by Crippen LogP contribution is 2.39. The summed E-state index contributed by atoms with van der Waals surface area (Å²) in [5, 5.41) is 4.08. The first-order chi connectivity index (χ1) is 11.6. The summed E-state index contributed by atoms with van der Waals surface area (Å²) in [5.74, 6) is -1.30. The first-order valence-electron chi connectivity index (χ1n) is 7.43. The molecule has 0 spiro atoms. The predicted octanol–water partition coefficient (Wildman–Crippen LogP) is 3.07. The molecule has 4 rings (SSSR count). The van der Waals surface area contributed by atoms with Gasteiger partial charge in [0.15, 0.2) is 0 Å². The van der Waals surface area contributed by atoms with Crippen molar-refractivity contribution in [2.75, 3.05) is 11.2 Å². The van der Waals surface area contributed by atoms with Crippen LogP contribution < -0.4 is 4.90 Å². The third-order valence-corrected chi connectivity index (χ3v) is 6.29. The summed E-state index contributed by atoms with van der Waals surface area (Å²) in [6.45, 7) is 2.01. The second-order valence-corrected chi connectivity index (χ2v) is 7.92. The number of fused-ring (bicyclic) bond motifs is 1. The van der Waals surface area contributed by atoms with Crippen molar-refractivity contribution in [1.29, 1.82) is 0 Å². The number of carbonyl (C=O) groups is 2. The van der Waals surface area contributed by atoms with Crippen molar-refractivity contribution in [2.45, 2.75) is 17.2 Å². The topological polar surface area (TPSA) is 59.0 Å². The molecule has 1 aromatic heterocycles. The molecular formula is C17H14N2O3S2. The van der Waals surface area contributed by atoms with Gasteiger partial charge in [-0.25, -0.2) is 4.90 Å². The number of rotatable bonds is 3. The molecule has 2 atom stereocenters. The van der Waals surface area contributed by atoms with Crippen molar-refractivity contribution >= 4 is 46.3 Å². The smallest absolute Gasteiger partial charge is 0.278 e. The van der Waals surface area contributed by atoms with Crippen LogP contribution >= 0.6 is 23.1 Å². The second-order valence-electron chi connectivity index (χ2n) is 5.59. The van der Waals surface area contributed by atoms with Crippen LogP contribution in [0.3, 0.4) is 0 Å². The van der Waals surface area contributed by atoms with Crippen LogP contribution in [0.25, 0.3) is 0 Å². The van der Waals surface area contributed by atoms with Crippen molar-refractivity contribution in [3.8, 4) is 0 Å². The number of hydrogen-bond donors (Lipinski definition) is 0. The van der Waals surface area contributed by atoms with Gasteiger partial charge in [-0.15, -0.1) is 23.1 Å². The number of aryl methyl sites for hydroxylation is 1. The number of nitrogens with zero attached hydrogens (tertiary/aromatic N) is 2. The molecule has 1 aromatic carbocycles. The molecule has 122 valence electrons. The Morgan fingerprint density at radius 1 is 1.21 bits per heavy atom. The van der Waals surface area contributed by atoms with Crippen LogP contribution in [0.15, 0.2) is 45.8 Å². The molecule has 2 amide bonds. The lowest BCUT2D eigenvalue weighted by atomic mass is 9.95. The summed E-state index contributed by atoms with van der Waals surface area (Å²) in [6, 6.07) is 10.9. The van der Waals surface area contributed by atoms with Crippen molar-refractivity contribution in [3.05, 3.63) is 46.8 Å². The summed E-state index contributed by atoms with van der Waals surface area (Å²) in [5.41, 5.74) is 2.02. The highest BCUT2D eigenvalue weighted by Gasteiger charge is 2.56. The zero-order valence-corrected chi connectivity index (χ0v) is 14.7. The highest BCUT2D eigenvalue weighted by molar-refractivity contribution is 8.00. The molecule has 0 radical (unpaired) electrons. The Morgan fingerprint density at radius 3 is 2.67 bits per heavy atom. The van der Waals surface area contributed by atoms with Crippen molar-refractivity contribution in [3.63, 3.8) is 0 Å². The summed E-state index contributed by atoms with van der Waals surface area (Å²) < 4.78 is 1.08. The van der Waals surface area contributed by atoms with Crippen LogP contribution in [-0.4, -0.2) is 29.9 Å². The standard InChI is InChI=1S/C17H14N2O3S2/c1-9-8-11(17(23-2)24-9)13-12-14(22-18-13)16(21)19(15(12)20)10-6-4-3-5-7-10/h3-8,12,14H,1-2H3. The maximum Gasteiger partial charge on any atom is 0.278 e. The molecule has 0 N–H and O–H groups in total. The maximum absolute atomic E-state index is 12.9. The van der Waals surface area contributed by atoms with E-state index in [1.54, 1.807) is 47.4 Å². The van der Waals surface area contributed by atoms with Crippen LogP contribution in [0, 0.1) is 12.8 Å². The van der Waals surface area contributed by atoms with E-state index < -0.39 is 12.0 Å². The molecule has 0 aliphatic carbocycles. The number of benzene rings is 1. The Morgan fingerprint density at radius 2 is 1.96 bits per heavy atom. The summed E-state index contributed by atoms with van der Waals surface area (Å²) in [6.07, 6.45) is 1.13. The summed E-state index contributed by atoms with van der Waals surface area (Å²) in [7, 11) is 0. The number of imide groups is 1. The molecule has 1 saturated heterocycles. The molecule has 5 nitrogen and oxygen atoms in total. The third kappa shape index (κ3) is 2.19. The third-order valence-electron chi connectivity index (χ3n) is 4.11. The van der Waals surface area contributed by atoms with E-state index in [9.17, 15) is 9.59 Å². The molecule has 0 bridgehead atoms. The van der Waals surface area contributed by atoms with Crippen LogP contribution in [0.2, 0.25) is 0 Å². The number of anilines is 1. The highest BCUT2D eigenvalue weighted by atomic mass is 32.2. The van der Waals surface area contributed by atoms with E-state index >= 15 is 0 Å². The number of oxime groups is 1. The van der Waals surface area contributed by atoms with Gasteiger partial charge in [0, 0.05) is 10.4 Å². The van der Waals surface area contributed by atoms with Gasteiger partial charge in [-0.3, -0.25) is 9.59 Å². The molecule has 3 heterocycles. The molecule has 7 heteroatoms. The maximum atomic E-state index is 12.9. The lowest BCUT2D eigenvalue weighted by Crippen LogP contribution is -2.33. The zero-order chi connectivity index (χ0) is 16.8. The van der Waals surface area contributed by atoms with E-state index in [1.807, 2.05) is 25.3 Å². The molecule has 0 saturated carbocycles.